The average molecular weight is 405 g/mol. The van der Waals surface area contributed by atoms with Crippen LogP contribution in [-0.2, 0) is 11.8 Å². The lowest BCUT2D eigenvalue weighted by molar-refractivity contribution is 0.0451. The molecule has 5 rings (SSSR count). The van der Waals surface area contributed by atoms with Gasteiger partial charge in [-0.05, 0) is 85.6 Å². The number of fused-ring (bicyclic) bond motifs is 4. The topological polar surface area (TPSA) is 48.9 Å². The fraction of sp³-hybridized carbons (Fsp3) is 0.519. The van der Waals surface area contributed by atoms with Crippen LogP contribution in [0.15, 0.2) is 42.5 Å². The molecule has 0 spiro atoms. The molecule has 160 valence electrons. The van der Waals surface area contributed by atoms with E-state index in [-0.39, 0.29) is 11.5 Å². The number of hydrogen-bond donors (Lipinski definition) is 2. The van der Waals surface area contributed by atoms with Crippen molar-refractivity contribution in [1.82, 2.24) is 9.97 Å². The molecule has 0 saturated heterocycles. The first kappa shape index (κ1) is 21.1. The molecule has 3 atom stereocenters. The van der Waals surface area contributed by atoms with Crippen molar-refractivity contribution in [3.05, 3.63) is 53.6 Å². The summed E-state index contributed by atoms with van der Waals surface area (Å²) in [6.45, 7) is 6.59. The number of imidazole rings is 1. The lowest BCUT2D eigenvalue weighted by Gasteiger charge is -2.46. The van der Waals surface area contributed by atoms with Crippen molar-refractivity contribution in [1.29, 1.82) is 0 Å². The van der Waals surface area contributed by atoms with Crippen LogP contribution in [0.4, 0.5) is 0 Å². The first-order valence-electron chi connectivity index (χ1n) is 11.9. The van der Waals surface area contributed by atoms with E-state index < -0.39 is 0 Å². The molecule has 1 aromatic heterocycles. The predicted octanol–water partition coefficient (Wildman–Crippen LogP) is 6.79. The molecule has 0 bridgehead atoms. The smallest absolute Gasteiger partial charge is 0.138 e. The molecule has 2 N–H and O–H groups in total. The van der Waals surface area contributed by atoms with Crippen molar-refractivity contribution in [2.75, 3.05) is 0 Å². The van der Waals surface area contributed by atoms with Gasteiger partial charge < -0.3 is 10.1 Å². The van der Waals surface area contributed by atoms with E-state index in [0.717, 1.165) is 42.5 Å². The number of aromatic nitrogens is 2. The van der Waals surface area contributed by atoms with Crippen molar-refractivity contribution in [3.8, 4) is 11.4 Å². The van der Waals surface area contributed by atoms with E-state index in [1.165, 1.54) is 36.8 Å². The van der Waals surface area contributed by atoms with E-state index in [2.05, 4.69) is 56.1 Å². The summed E-state index contributed by atoms with van der Waals surface area (Å²) in [5.41, 5.74) is 6.58. The van der Waals surface area contributed by atoms with Crippen LogP contribution in [0.1, 0.15) is 76.8 Å². The molecular formula is C27H36N2O. The number of aliphatic hydroxyl groups is 1. The van der Waals surface area contributed by atoms with E-state index in [4.69, 9.17) is 4.98 Å². The first-order valence-corrected chi connectivity index (χ1v) is 11.9. The second-order valence-electron chi connectivity index (χ2n) is 9.21. The minimum atomic E-state index is -0.106. The Hall–Kier alpha value is -2.13. The fourth-order valence-electron chi connectivity index (χ4n) is 5.77. The molecule has 0 aliphatic heterocycles. The minimum Gasteiger partial charge on any atom is -0.393 e. The van der Waals surface area contributed by atoms with Crippen LogP contribution in [0.2, 0.25) is 0 Å². The maximum atomic E-state index is 10.2. The van der Waals surface area contributed by atoms with Gasteiger partial charge >= 0.3 is 0 Å². The van der Waals surface area contributed by atoms with Gasteiger partial charge in [-0.1, -0.05) is 51.5 Å². The van der Waals surface area contributed by atoms with Gasteiger partial charge in [0.05, 0.1) is 17.1 Å². The Kier molecular flexibility index (Phi) is 6.29. The number of nitrogens with one attached hydrogen (secondary N) is 1. The molecule has 1 heterocycles. The third-order valence-corrected chi connectivity index (χ3v) is 7.20. The number of hydrogen-bond acceptors (Lipinski definition) is 2. The Morgan fingerprint density at radius 3 is 2.67 bits per heavy atom. The summed E-state index contributed by atoms with van der Waals surface area (Å²) >= 11 is 0. The summed E-state index contributed by atoms with van der Waals surface area (Å²) in [7, 11) is 0. The van der Waals surface area contributed by atoms with Crippen LogP contribution in [-0.4, -0.2) is 21.2 Å². The molecular weight excluding hydrogens is 368 g/mol. The zero-order valence-corrected chi connectivity index (χ0v) is 18.7. The van der Waals surface area contributed by atoms with Crippen molar-refractivity contribution in [2.45, 2.75) is 83.7 Å². The molecule has 1 fully saturated rings. The third kappa shape index (κ3) is 3.80. The summed E-state index contributed by atoms with van der Waals surface area (Å²) in [5.74, 6) is 1.58. The van der Waals surface area contributed by atoms with Gasteiger partial charge in [-0.3, -0.25) is 0 Å². The largest absolute Gasteiger partial charge is 0.393 e. The van der Waals surface area contributed by atoms with Crippen LogP contribution in [0.3, 0.4) is 0 Å². The standard InChI is InChI=1S/C24H28N2O.C3H8/c1-2-24-13-12-19(27)15-18(24)7-5-6-16-14-17(10-11-20(16)24)23-25-21-8-3-4-9-22(21)26-23;1-3-2/h3-4,8-11,14,18-19,27H,2,5-7,12-13,15H2,1H3,(H,25,26);3H2,1-2H3. The molecule has 3 aromatic rings. The van der Waals surface area contributed by atoms with Crippen molar-refractivity contribution in [3.63, 3.8) is 0 Å². The van der Waals surface area contributed by atoms with E-state index in [1.54, 1.807) is 5.56 Å². The van der Waals surface area contributed by atoms with Gasteiger partial charge in [-0.25, -0.2) is 4.98 Å². The van der Waals surface area contributed by atoms with Gasteiger partial charge in [0.2, 0.25) is 0 Å². The number of aryl methyl sites for hydroxylation is 1. The van der Waals surface area contributed by atoms with Gasteiger partial charge in [0.25, 0.3) is 0 Å². The number of aromatic amines is 1. The third-order valence-electron chi connectivity index (χ3n) is 7.20. The summed E-state index contributed by atoms with van der Waals surface area (Å²) in [6, 6.07) is 15.2. The zero-order valence-electron chi connectivity index (χ0n) is 18.7. The molecule has 3 heteroatoms. The van der Waals surface area contributed by atoms with Gasteiger partial charge in [0, 0.05) is 5.56 Å². The number of aliphatic hydroxyl groups excluding tert-OH is 1. The van der Waals surface area contributed by atoms with Gasteiger partial charge in [-0.2, -0.15) is 0 Å². The fourth-order valence-corrected chi connectivity index (χ4v) is 5.77. The van der Waals surface area contributed by atoms with Crippen LogP contribution >= 0.6 is 0 Å². The first-order chi connectivity index (χ1) is 14.6. The van der Waals surface area contributed by atoms with E-state index in [0.29, 0.717) is 5.92 Å². The molecule has 2 aromatic carbocycles. The van der Waals surface area contributed by atoms with Crippen molar-refractivity contribution in [2.24, 2.45) is 5.92 Å². The maximum absolute atomic E-state index is 10.2. The molecule has 2 aliphatic carbocycles. The molecule has 2 aliphatic rings. The SMILES string of the molecule is CCC.CCC12CCC(O)CC1CCCc1cc(-c3nc4ccccc4[nH]3)ccc12. The monoisotopic (exact) mass is 404 g/mol. The number of rotatable bonds is 2. The Labute approximate surface area is 180 Å². The van der Waals surface area contributed by atoms with Gasteiger partial charge in [-0.15, -0.1) is 0 Å². The number of nitrogens with zero attached hydrogens (tertiary/aromatic N) is 1. The summed E-state index contributed by atoms with van der Waals surface area (Å²) in [6.07, 6.45) is 8.93. The van der Waals surface area contributed by atoms with Gasteiger partial charge in [0.15, 0.2) is 0 Å². The second-order valence-corrected chi connectivity index (χ2v) is 9.21. The highest BCUT2D eigenvalue weighted by Crippen LogP contribution is 2.51. The highest BCUT2D eigenvalue weighted by Gasteiger charge is 2.44. The molecule has 1 saturated carbocycles. The predicted molar refractivity (Wildman–Crippen MR) is 126 cm³/mol. The molecule has 3 unspecified atom stereocenters. The summed E-state index contributed by atoms with van der Waals surface area (Å²) in [4.78, 5) is 8.27. The average Bonchev–Trinajstić information content (AvgIpc) is 3.12. The van der Waals surface area contributed by atoms with Crippen LogP contribution in [0.25, 0.3) is 22.4 Å². The van der Waals surface area contributed by atoms with Crippen LogP contribution < -0.4 is 0 Å². The lowest BCUT2D eigenvalue weighted by Crippen LogP contribution is -2.41. The Balaban J connectivity index is 0.000000687. The van der Waals surface area contributed by atoms with Crippen LogP contribution in [0.5, 0.6) is 0 Å². The Morgan fingerprint density at radius 2 is 1.90 bits per heavy atom. The summed E-state index contributed by atoms with van der Waals surface area (Å²) in [5, 5.41) is 10.2. The lowest BCUT2D eigenvalue weighted by atomic mass is 9.59. The van der Waals surface area contributed by atoms with E-state index in [9.17, 15) is 5.11 Å². The van der Waals surface area contributed by atoms with Crippen molar-refractivity contribution >= 4 is 11.0 Å². The Bertz CT molecular complexity index is 958. The van der Waals surface area contributed by atoms with Crippen LogP contribution in [0, 0.1) is 5.92 Å². The molecule has 3 nitrogen and oxygen atoms in total. The zero-order chi connectivity index (χ0) is 21.1. The highest BCUT2D eigenvalue weighted by atomic mass is 16.3. The summed E-state index contributed by atoms with van der Waals surface area (Å²) < 4.78 is 0. The maximum Gasteiger partial charge on any atom is 0.138 e. The highest BCUT2D eigenvalue weighted by molar-refractivity contribution is 5.79. The number of benzene rings is 2. The molecule has 0 radical (unpaired) electrons. The second kappa shape index (κ2) is 8.93. The van der Waals surface area contributed by atoms with Crippen molar-refractivity contribution < 1.29 is 5.11 Å². The van der Waals surface area contributed by atoms with E-state index >= 15 is 0 Å². The van der Waals surface area contributed by atoms with E-state index in [1.807, 2.05) is 12.1 Å². The molecule has 30 heavy (non-hydrogen) atoms. The normalized spacial score (nSPS) is 25.6. The van der Waals surface area contributed by atoms with Gasteiger partial charge in [0.1, 0.15) is 5.82 Å². The number of H-pyrrole nitrogens is 1. The quantitative estimate of drug-likeness (QED) is 0.494. The Morgan fingerprint density at radius 1 is 1.10 bits per heavy atom. The molecule has 0 amide bonds. The minimum absolute atomic E-state index is 0.106. The number of para-hydroxylation sites is 2.